The molecule has 0 saturated carbocycles. The molecule has 2 aromatic heterocycles. The van der Waals surface area contributed by atoms with E-state index in [2.05, 4.69) is 43.5 Å². The lowest BCUT2D eigenvalue weighted by atomic mass is 9.87. The molecule has 4 heterocycles. The van der Waals surface area contributed by atoms with Gasteiger partial charge in [0.1, 0.15) is 5.82 Å². The maximum Gasteiger partial charge on any atom is 0.324 e. The molecule has 2 aliphatic rings. The van der Waals surface area contributed by atoms with Crippen LogP contribution in [0.1, 0.15) is 63.3 Å². The fourth-order valence-corrected chi connectivity index (χ4v) is 9.29. The lowest BCUT2D eigenvalue weighted by Crippen LogP contribution is -2.46. The minimum atomic E-state index is -3.43. The highest BCUT2D eigenvalue weighted by molar-refractivity contribution is 7.89. The molecule has 8 nitrogen and oxygen atoms in total. The molecule has 0 aliphatic carbocycles. The standard InChI is InChI=1S/C33H39N5O3S2/c1-22-5-11-26(12-6-22)37-31(20-30(36-37)33(2,3)4)35-32(39)34-25-9-7-23(8-10-25)17-24-18-27-13-14-28(19-24)38(27)43(40,41)29-15-16-42-21-29/h5-12,15-16,20-21,24,27-28H,13-14,17-19H2,1-4H3,(H2,34,35,39). The summed E-state index contributed by atoms with van der Waals surface area (Å²) in [5.74, 6) is 1.04. The number of hydrogen-bond acceptors (Lipinski definition) is 5. The van der Waals surface area contributed by atoms with E-state index in [9.17, 15) is 13.2 Å². The highest BCUT2D eigenvalue weighted by atomic mass is 32.2. The summed E-state index contributed by atoms with van der Waals surface area (Å²) in [6, 6.07) is 19.5. The second-order valence-corrected chi connectivity index (χ2v) is 15.5. The van der Waals surface area contributed by atoms with Crippen molar-refractivity contribution in [1.82, 2.24) is 14.1 Å². The number of anilines is 2. The Labute approximate surface area is 258 Å². The van der Waals surface area contributed by atoms with Gasteiger partial charge in [-0.1, -0.05) is 50.6 Å². The van der Waals surface area contributed by atoms with Crippen LogP contribution >= 0.6 is 11.3 Å². The summed E-state index contributed by atoms with van der Waals surface area (Å²) >= 11 is 1.42. The highest BCUT2D eigenvalue weighted by Crippen LogP contribution is 2.43. The molecular formula is C33H39N5O3S2. The van der Waals surface area contributed by atoms with E-state index in [1.807, 2.05) is 54.8 Å². The smallest absolute Gasteiger partial charge is 0.308 e. The van der Waals surface area contributed by atoms with Crippen LogP contribution in [0.25, 0.3) is 5.69 Å². The molecule has 0 radical (unpaired) electrons. The second-order valence-electron chi connectivity index (χ2n) is 12.9. The lowest BCUT2D eigenvalue weighted by Gasteiger charge is -2.37. The third-order valence-electron chi connectivity index (χ3n) is 8.57. The summed E-state index contributed by atoms with van der Waals surface area (Å²) in [6.07, 6.45) is 4.53. The maximum atomic E-state index is 13.3. The van der Waals surface area contributed by atoms with E-state index in [4.69, 9.17) is 5.10 Å². The number of amides is 2. The van der Waals surface area contributed by atoms with Crippen molar-refractivity contribution in [2.24, 2.45) is 5.92 Å². The number of aryl methyl sites for hydroxylation is 1. The van der Waals surface area contributed by atoms with Crippen LogP contribution in [-0.4, -0.2) is 40.6 Å². The van der Waals surface area contributed by atoms with Crippen LogP contribution in [0.5, 0.6) is 0 Å². The lowest BCUT2D eigenvalue weighted by molar-refractivity contribution is 0.190. The number of piperidine rings is 1. The molecule has 2 atom stereocenters. The molecule has 2 saturated heterocycles. The molecular weight excluding hydrogens is 579 g/mol. The Morgan fingerprint density at radius 3 is 2.26 bits per heavy atom. The molecule has 0 spiro atoms. The Bertz CT molecular complexity index is 1670. The van der Waals surface area contributed by atoms with E-state index in [1.54, 1.807) is 20.4 Å². The number of carbonyl (C=O) groups is 1. The summed E-state index contributed by atoms with van der Waals surface area (Å²) < 4.78 is 30.1. The van der Waals surface area contributed by atoms with Crippen LogP contribution in [0.4, 0.5) is 16.3 Å². The Balaban J connectivity index is 1.08. The Morgan fingerprint density at radius 2 is 1.65 bits per heavy atom. The minimum absolute atomic E-state index is 0.0745. The number of carbonyl (C=O) groups excluding carboxylic acids is 1. The maximum absolute atomic E-state index is 13.3. The Hall–Kier alpha value is -3.47. The number of thiophene rings is 1. The van der Waals surface area contributed by atoms with Gasteiger partial charge >= 0.3 is 6.03 Å². The first-order valence-corrected chi connectivity index (χ1v) is 17.3. The fourth-order valence-electron chi connectivity index (χ4n) is 6.38. The van der Waals surface area contributed by atoms with Gasteiger partial charge in [-0.05, 0) is 86.2 Å². The molecule has 4 aromatic rings. The van der Waals surface area contributed by atoms with Gasteiger partial charge in [-0.25, -0.2) is 17.9 Å². The molecule has 6 rings (SSSR count). The molecule has 2 unspecified atom stereocenters. The van der Waals surface area contributed by atoms with Crippen molar-refractivity contribution in [2.45, 2.75) is 82.2 Å². The average molecular weight is 618 g/mol. The largest absolute Gasteiger partial charge is 0.324 e. The predicted octanol–water partition coefficient (Wildman–Crippen LogP) is 7.36. The van der Waals surface area contributed by atoms with Crippen molar-refractivity contribution in [1.29, 1.82) is 0 Å². The first kappa shape index (κ1) is 29.6. The number of hydrogen-bond donors (Lipinski definition) is 2. The van der Waals surface area contributed by atoms with E-state index in [0.29, 0.717) is 22.3 Å². The highest BCUT2D eigenvalue weighted by Gasteiger charge is 2.47. The molecule has 2 amide bonds. The zero-order valence-corrected chi connectivity index (χ0v) is 26.7. The normalized spacial score (nSPS) is 20.7. The fraction of sp³-hybridized carbons (Fsp3) is 0.394. The summed E-state index contributed by atoms with van der Waals surface area (Å²) in [7, 11) is -3.43. The topological polar surface area (TPSA) is 96.3 Å². The molecule has 43 heavy (non-hydrogen) atoms. The number of urea groups is 1. The number of rotatable bonds is 7. The Morgan fingerprint density at radius 1 is 0.977 bits per heavy atom. The third-order valence-corrected chi connectivity index (χ3v) is 11.4. The van der Waals surface area contributed by atoms with Crippen molar-refractivity contribution in [3.8, 4) is 5.69 Å². The van der Waals surface area contributed by atoms with E-state index >= 15 is 0 Å². The second kappa shape index (κ2) is 11.6. The van der Waals surface area contributed by atoms with Gasteiger partial charge in [0.25, 0.3) is 0 Å². The van der Waals surface area contributed by atoms with Crippen LogP contribution in [0.15, 0.2) is 76.3 Å². The van der Waals surface area contributed by atoms with E-state index in [1.165, 1.54) is 16.9 Å². The molecule has 2 bridgehead atoms. The Kier molecular flexibility index (Phi) is 7.95. The van der Waals surface area contributed by atoms with Crippen LogP contribution in [0.3, 0.4) is 0 Å². The van der Waals surface area contributed by atoms with Gasteiger partial charge in [0.05, 0.1) is 16.3 Å². The van der Waals surface area contributed by atoms with E-state index in [0.717, 1.165) is 49.0 Å². The van der Waals surface area contributed by atoms with Gasteiger partial charge in [0.2, 0.25) is 10.0 Å². The number of nitrogens with zero attached hydrogens (tertiary/aromatic N) is 3. The van der Waals surface area contributed by atoms with Gasteiger partial charge in [0.15, 0.2) is 0 Å². The summed E-state index contributed by atoms with van der Waals surface area (Å²) in [4.78, 5) is 13.5. The summed E-state index contributed by atoms with van der Waals surface area (Å²) in [5, 5.41) is 14.3. The van der Waals surface area contributed by atoms with Gasteiger partial charge in [-0.15, -0.1) is 0 Å². The monoisotopic (exact) mass is 617 g/mol. The minimum Gasteiger partial charge on any atom is -0.308 e. The van der Waals surface area contributed by atoms with Gasteiger partial charge in [-0.3, -0.25) is 5.32 Å². The molecule has 10 heteroatoms. The molecule has 2 aromatic carbocycles. The van der Waals surface area contributed by atoms with Crippen LogP contribution < -0.4 is 10.6 Å². The van der Waals surface area contributed by atoms with E-state index < -0.39 is 10.0 Å². The quantitative estimate of drug-likeness (QED) is 0.227. The number of fused-ring (bicyclic) bond motifs is 2. The summed E-state index contributed by atoms with van der Waals surface area (Å²) in [5.41, 5.74) is 4.64. The molecule has 2 fully saturated rings. The molecule has 2 N–H and O–H groups in total. The SMILES string of the molecule is Cc1ccc(-n2nc(C(C)(C)C)cc2NC(=O)Nc2ccc(CC3CC4CCC(C3)N4S(=O)(=O)c3ccsc3)cc2)cc1. The molecule has 2 aliphatic heterocycles. The van der Waals surface area contributed by atoms with Crippen molar-refractivity contribution in [2.75, 3.05) is 10.6 Å². The van der Waals surface area contributed by atoms with E-state index in [-0.39, 0.29) is 23.5 Å². The number of sulfonamides is 1. The zero-order chi connectivity index (χ0) is 30.4. The van der Waals surface area contributed by atoms with Crippen molar-refractivity contribution in [3.63, 3.8) is 0 Å². The molecule has 226 valence electrons. The van der Waals surface area contributed by atoms with Crippen LogP contribution in [0, 0.1) is 12.8 Å². The number of benzene rings is 2. The van der Waals surface area contributed by atoms with Crippen molar-refractivity contribution >= 4 is 38.9 Å². The van der Waals surface area contributed by atoms with Gasteiger partial charge in [0, 0.05) is 34.6 Å². The van der Waals surface area contributed by atoms with Gasteiger partial charge in [-0.2, -0.15) is 20.7 Å². The summed E-state index contributed by atoms with van der Waals surface area (Å²) in [6.45, 7) is 8.34. The third kappa shape index (κ3) is 6.27. The van der Waals surface area contributed by atoms with Crippen molar-refractivity contribution in [3.05, 3.63) is 88.2 Å². The number of aromatic nitrogens is 2. The predicted molar refractivity (Wildman–Crippen MR) is 173 cm³/mol. The van der Waals surface area contributed by atoms with Crippen LogP contribution in [0.2, 0.25) is 0 Å². The van der Waals surface area contributed by atoms with Crippen molar-refractivity contribution < 1.29 is 13.2 Å². The average Bonchev–Trinajstić information content (AvgIpc) is 3.70. The first-order chi connectivity index (χ1) is 20.5. The number of nitrogens with one attached hydrogen (secondary N) is 2. The first-order valence-electron chi connectivity index (χ1n) is 14.9. The van der Waals surface area contributed by atoms with Gasteiger partial charge < -0.3 is 5.32 Å². The zero-order valence-electron chi connectivity index (χ0n) is 25.1. The van der Waals surface area contributed by atoms with Crippen LogP contribution in [-0.2, 0) is 21.9 Å².